The van der Waals surface area contributed by atoms with E-state index in [0.717, 1.165) is 5.92 Å². The minimum atomic E-state index is 0.989. The fourth-order valence-electron chi connectivity index (χ4n) is 3.27. The predicted molar refractivity (Wildman–Crippen MR) is 112 cm³/mol. The first-order chi connectivity index (χ1) is 11.3. The van der Waals surface area contributed by atoms with Gasteiger partial charge in [0.2, 0.25) is 0 Å². The summed E-state index contributed by atoms with van der Waals surface area (Å²) in [5.41, 5.74) is 0. The summed E-state index contributed by atoms with van der Waals surface area (Å²) in [5.74, 6) is 0.989. The predicted octanol–water partition coefficient (Wildman–Crippen LogP) is 8.32. The van der Waals surface area contributed by atoms with Gasteiger partial charge >= 0.3 is 0 Å². The Kier molecular flexibility index (Phi) is 20.4. The van der Waals surface area contributed by atoms with Crippen LogP contribution in [0, 0.1) is 5.92 Å². The maximum atomic E-state index is 2.83. The molecule has 0 radical (unpaired) electrons. The smallest absolute Gasteiger partial charge is 0.0351 e. The summed E-state index contributed by atoms with van der Waals surface area (Å²) in [6.07, 6.45) is 28.7. The first-order valence-electron chi connectivity index (χ1n) is 10.7. The topological polar surface area (TPSA) is 0 Å². The van der Waals surface area contributed by atoms with Crippen LogP contribution in [-0.2, 0) is 0 Å². The lowest BCUT2D eigenvalue weighted by molar-refractivity contribution is 0.427. The van der Waals surface area contributed by atoms with Gasteiger partial charge in [-0.2, -0.15) is 0 Å². The van der Waals surface area contributed by atoms with Crippen LogP contribution in [0.25, 0.3) is 0 Å². The Balaban J connectivity index is 3.14. The van der Waals surface area contributed by atoms with Gasteiger partial charge in [-0.25, -0.2) is 0 Å². The Morgan fingerprint density at radius 1 is 0.609 bits per heavy atom. The molecule has 0 aromatic heterocycles. The van der Waals surface area contributed by atoms with Crippen LogP contribution < -0.4 is 0 Å². The van der Waals surface area contributed by atoms with E-state index < -0.39 is 0 Å². The van der Waals surface area contributed by atoms with Gasteiger partial charge in [-0.1, -0.05) is 96.6 Å². The average molecular weight is 341 g/mol. The van der Waals surface area contributed by atoms with E-state index in [2.05, 4.69) is 35.2 Å². The van der Waals surface area contributed by atoms with Crippen LogP contribution in [0.1, 0.15) is 117 Å². The SMILES string of the molecule is CCC(CC)CCCCCCC/C=C\CCCCCCCCP. The fourth-order valence-corrected chi connectivity index (χ4v) is 3.56. The zero-order valence-electron chi connectivity index (χ0n) is 16.3. The van der Waals surface area contributed by atoms with Gasteiger partial charge in [0.05, 0.1) is 0 Å². The lowest BCUT2D eigenvalue weighted by Gasteiger charge is -2.11. The summed E-state index contributed by atoms with van der Waals surface area (Å²) >= 11 is 0. The molecule has 0 heterocycles. The van der Waals surface area contributed by atoms with Crippen molar-refractivity contribution in [2.75, 3.05) is 6.16 Å². The van der Waals surface area contributed by atoms with Crippen molar-refractivity contribution < 1.29 is 0 Å². The standard InChI is InChI=1S/C22H45P/c1-3-22(4-2)20-18-16-14-12-10-8-6-5-7-9-11-13-15-17-19-21-23/h5-6,22H,3-4,7-21,23H2,1-2H3/b6-5-. The monoisotopic (exact) mass is 340 g/mol. The molecule has 0 bridgehead atoms. The summed E-state index contributed by atoms with van der Waals surface area (Å²) in [7, 11) is 2.83. The maximum Gasteiger partial charge on any atom is -0.0351 e. The molecule has 0 aliphatic carbocycles. The lowest BCUT2D eigenvalue weighted by atomic mass is 9.96. The van der Waals surface area contributed by atoms with Crippen molar-refractivity contribution in [2.45, 2.75) is 117 Å². The molecule has 138 valence electrons. The molecule has 0 saturated heterocycles. The number of unbranched alkanes of at least 4 members (excludes halogenated alkanes) is 11. The number of allylic oxidation sites excluding steroid dienone is 2. The second-order valence-electron chi connectivity index (χ2n) is 7.20. The van der Waals surface area contributed by atoms with Crippen LogP contribution in [0.3, 0.4) is 0 Å². The summed E-state index contributed by atoms with van der Waals surface area (Å²) < 4.78 is 0. The third kappa shape index (κ3) is 18.4. The zero-order valence-corrected chi connectivity index (χ0v) is 17.5. The van der Waals surface area contributed by atoms with Gasteiger partial charge in [0.25, 0.3) is 0 Å². The molecule has 1 unspecified atom stereocenters. The van der Waals surface area contributed by atoms with Crippen molar-refractivity contribution in [1.82, 2.24) is 0 Å². The first-order valence-corrected chi connectivity index (χ1v) is 11.5. The number of hydrogen-bond donors (Lipinski definition) is 0. The second kappa shape index (κ2) is 20.2. The molecule has 1 atom stereocenters. The molecular formula is C22H45P. The minimum Gasteiger partial charge on any atom is -0.138 e. The first kappa shape index (κ1) is 23.2. The third-order valence-corrected chi connectivity index (χ3v) is 5.54. The van der Waals surface area contributed by atoms with Crippen molar-refractivity contribution in [3.8, 4) is 0 Å². The molecule has 0 fully saturated rings. The van der Waals surface area contributed by atoms with E-state index in [1.165, 1.54) is 109 Å². The maximum absolute atomic E-state index is 2.83. The van der Waals surface area contributed by atoms with E-state index in [4.69, 9.17) is 0 Å². The van der Waals surface area contributed by atoms with Gasteiger partial charge in [0.15, 0.2) is 0 Å². The van der Waals surface area contributed by atoms with Gasteiger partial charge in [-0.05, 0) is 44.2 Å². The van der Waals surface area contributed by atoms with Crippen LogP contribution in [0.4, 0.5) is 0 Å². The molecule has 0 aromatic carbocycles. The van der Waals surface area contributed by atoms with Crippen molar-refractivity contribution >= 4 is 9.24 Å². The highest BCUT2D eigenvalue weighted by molar-refractivity contribution is 7.16. The largest absolute Gasteiger partial charge is 0.138 e. The minimum absolute atomic E-state index is 0.989. The number of hydrogen-bond acceptors (Lipinski definition) is 0. The van der Waals surface area contributed by atoms with E-state index in [-0.39, 0.29) is 0 Å². The highest BCUT2D eigenvalue weighted by atomic mass is 31.0. The Morgan fingerprint density at radius 3 is 1.52 bits per heavy atom. The van der Waals surface area contributed by atoms with Crippen LogP contribution in [0.15, 0.2) is 12.2 Å². The quantitative estimate of drug-likeness (QED) is 0.134. The van der Waals surface area contributed by atoms with Crippen LogP contribution >= 0.6 is 9.24 Å². The van der Waals surface area contributed by atoms with Gasteiger partial charge < -0.3 is 0 Å². The molecular weight excluding hydrogens is 295 g/mol. The lowest BCUT2D eigenvalue weighted by Crippen LogP contribution is -1.96. The average Bonchev–Trinajstić information content (AvgIpc) is 2.58. The zero-order chi connectivity index (χ0) is 17.0. The molecule has 0 saturated carbocycles. The van der Waals surface area contributed by atoms with Crippen molar-refractivity contribution in [1.29, 1.82) is 0 Å². The van der Waals surface area contributed by atoms with Crippen molar-refractivity contribution in [2.24, 2.45) is 5.92 Å². The van der Waals surface area contributed by atoms with E-state index in [1.54, 1.807) is 0 Å². The molecule has 0 spiro atoms. The summed E-state index contributed by atoms with van der Waals surface area (Å²) in [4.78, 5) is 0. The van der Waals surface area contributed by atoms with E-state index in [1.807, 2.05) is 0 Å². The van der Waals surface area contributed by atoms with Crippen molar-refractivity contribution in [3.05, 3.63) is 12.2 Å². The highest BCUT2D eigenvalue weighted by Crippen LogP contribution is 2.17. The van der Waals surface area contributed by atoms with Crippen molar-refractivity contribution in [3.63, 3.8) is 0 Å². The Labute approximate surface area is 150 Å². The summed E-state index contributed by atoms with van der Waals surface area (Å²) in [6, 6.07) is 0. The Bertz CT molecular complexity index is 230. The van der Waals surface area contributed by atoms with E-state index in [9.17, 15) is 0 Å². The number of rotatable bonds is 18. The molecule has 0 nitrogen and oxygen atoms in total. The molecule has 0 rings (SSSR count). The fraction of sp³-hybridized carbons (Fsp3) is 0.909. The Hall–Kier alpha value is 0.170. The molecule has 0 aromatic rings. The van der Waals surface area contributed by atoms with Gasteiger partial charge in [0.1, 0.15) is 0 Å². The molecule has 0 N–H and O–H groups in total. The molecule has 0 aliphatic rings. The summed E-state index contributed by atoms with van der Waals surface area (Å²) in [5, 5.41) is 0. The van der Waals surface area contributed by atoms with Crippen LogP contribution in [0.5, 0.6) is 0 Å². The normalized spacial score (nSPS) is 11.8. The van der Waals surface area contributed by atoms with Crippen LogP contribution in [0.2, 0.25) is 0 Å². The van der Waals surface area contributed by atoms with Gasteiger partial charge in [-0.3, -0.25) is 0 Å². The van der Waals surface area contributed by atoms with E-state index >= 15 is 0 Å². The second-order valence-corrected chi connectivity index (χ2v) is 7.78. The van der Waals surface area contributed by atoms with Gasteiger partial charge in [0, 0.05) is 0 Å². The molecule has 0 amide bonds. The van der Waals surface area contributed by atoms with Gasteiger partial charge in [-0.15, -0.1) is 9.24 Å². The Morgan fingerprint density at radius 2 is 1.04 bits per heavy atom. The van der Waals surface area contributed by atoms with Crippen LogP contribution in [-0.4, -0.2) is 6.16 Å². The molecule has 0 aliphatic heterocycles. The molecule has 1 heteroatoms. The molecule has 23 heavy (non-hydrogen) atoms. The highest BCUT2D eigenvalue weighted by Gasteiger charge is 2.01. The third-order valence-electron chi connectivity index (χ3n) is 5.13. The van der Waals surface area contributed by atoms with E-state index in [0.29, 0.717) is 0 Å². The summed E-state index contributed by atoms with van der Waals surface area (Å²) in [6.45, 7) is 4.68.